The summed E-state index contributed by atoms with van der Waals surface area (Å²) in [6.45, 7) is 2.54. The molecule has 0 heterocycles. The number of carbonyl (C=O) groups is 1. The van der Waals surface area contributed by atoms with Crippen molar-refractivity contribution in [2.75, 3.05) is 13.2 Å². The van der Waals surface area contributed by atoms with Crippen molar-refractivity contribution in [2.24, 2.45) is 0 Å². The quantitative estimate of drug-likeness (QED) is 0.829. The van der Waals surface area contributed by atoms with E-state index in [1.165, 1.54) is 18.2 Å². The highest BCUT2D eigenvalue weighted by Gasteiger charge is 2.11. The number of phenolic OH excluding ortho intramolecular Hbond substituents is 1. The summed E-state index contributed by atoms with van der Waals surface area (Å²) in [5.74, 6) is -0.125. The fraction of sp³-hybridized carbons (Fsp3) is 0.235. The summed E-state index contributed by atoms with van der Waals surface area (Å²) in [6, 6.07) is 14.3. The van der Waals surface area contributed by atoms with Gasteiger partial charge in [-0.2, -0.15) is 0 Å². The van der Waals surface area contributed by atoms with E-state index in [0.29, 0.717) is 25.2 Å². The summed E-state index contributed by atoms with van der Waals surface area (Å²) in [7, 11) is 0. The molecule has 2 aromatic carbocycles. The molecule has 4 nitrogen and oxygen atoms in total. The number of benzene rings is 2. The maximum absolute atomic E-state index is 11.9. The Bertz CT molecular complexity index is 593. The zero-order valence-corrected chi connectivity index (χ0v) is 11.9. The topological polar surface area (TPSA) is 55.8 Å². The highest BCUT2D eigenvalue weighted by atomic mass is 16.5. The van der Waals surface area contributed by atoms with Crippen molar-refractivity contribution in [3.05, 3.63) is 59.7 Å². The van der Waals surface area contributed by atoms with E-state index in [-0.39, 0.29) is 11.5 Å². The van der Waals surface area contributed by atoms with Gasteiger partial charge in [-0.15, -0.1) is 0 Å². The van der Waals surface area contributed by atoms with Crippen LogP contribution in [0, 0.1) is 0 Å². The lowest BCUT2D eigenvalue weighted by atomic mass is 10.2. The minimum absolute atomic E-state index is 0.0117. The van der Waals surface area contributed by atoms with Crippen molar-refractivity contribution in [3.63, 3.8) is 0 Å². The van der Waals surface area contributed by atoms with E-state index in [1.54, 1.807) is 0 Å². The van der Waals surface area contributed by atoms with Gasteiger partial charge in [0, 0.05) is 6.42 Å². The second-order valence-electron chi connectivity index (χ2n) is 4.49. The first-order chi connectivity index (χ1) is 10.2. The van der Waals surface area contributed by atoms with Gasteiger partial charge in [0.25, 0.3) is 0 Å². The Morgan fingerprint density at radius 1 is 1.14 bits per heavy atom. The SMILES string of the molecule is CCOc1cc(C(=O)OCCc2ccccc2)ccc1O. The molecular formula is C17H18O4. The van der Waals surface area contributed by atoms with E-state index in [0.717, 1.165) is 5.56 Å². The van der Waals surface area contributed by atoms with E-state index in [1.807, 2.05) is 37.3 Å². The molecule has 0 unspecified atom stereocenters. The van der Waals surface area contributed by atoms with Crippen molar-refractivity contribution in [3.8, 4) is 11.5 Å². The minimum atomic E-state index is -0.424. The third-order valence-electron chi connectivity index (χ3n) is 2.96. The van der Waals surface area contributed by atoms with Gasteiger partial charge in [-0.3, -0.25) is 0 Å². The van der Waals surface area contributed by atoms with E-state index in [2.05, 4.69) is 0 Å². The molecule has 1 N–H and O–H groups in total. The Morgan fingerprint density at radius 2 is 1.90 bits per heavy atom. The second-order valence-corrected chi connectivity index (χ2v) is 4.49. The molecule has 0 aliphatic carbocycles. The number of esters is 1. The number of carbonyl (C=O) groups excluding carboxylic acids is 1. The molecule has 0 aliphatic heterocycles. The zero-order chi connectivity index (χ0) is 15.1. The van der Waals surface area contributed by atoms with E-state index in [9.17, 15) is 9.90 Å². The van der Waals surface area contributed by atoms with E-state index >= 15 is 0 Å². The normalized spacial score (nSPS) is 10.1. The van der Waals surface area contributed by atoms with Crippen LogP contribution in [-0.4, -0.2) is 24.3 Å². The first-order valence-electron chi connectivity index (χ1n) is 6.87. The van der Waals surface area contributed by atoms with Crippen LogP contribution in [0.4, 0.5) is 0 Å². The predicted octanol–water partition coefficient (Wildman–Crippen LogP) is 3.19. The predicted molar refractivity (Wildman–Crippen MR) is 79.7 cm³/mol. The highest BCUT2D eigenvalue weighted by Crippen LogP contribution is 2.27. The molecule has 0 spiro atoms. The summed E-state index contributed by atoms with van der Waals surface area (Å²) < 4.78 is 10.5. The molecule has 0 fully saturated rings. The Labute approximate surface area is 123 Å². The van der Waals surface area contributed by atoms with Gasteiger partial charge >= 0.3 is 5.97 Å². The molecule has 0 atom stereocenters. The van der Waals surface area contributed by atoms with Gasteiger partial charge in [0.1, 0.15) is 0 Å². The molecular weight excluding hydrogens is 268 g/mol. The van der Waals surface area contributed by atoms with Crippen LogP contribution in [0.5, 0.6) is 11.5 Å². The molecule has 21 heavy (non-hydrogen) atoms. The molecule has 2 aromatic rings. The van der Waals surface area contributed by atoms with Crippen molar-refractivity contribution >= 4 is 5.97 Å². The lowest BCUT2D eigenvalue weighted by molar-refractivity contribution is 0.0509. The average molecular weight is 286 g/mol. The van der Waals surface area contributed by atoms with Crippen LogP contribution in [-0.2, 0) is 11.2 Å². The lowest BCUT2D eigenvalue weighted by Gasteiger charge is -2.08. The number of hydrogen-bond donors (Lipinski definition) is 1. The van der Waals surface area contributed by atoms with Gasteiger partial charge in [-0.1, -0.05) is 30.3 Å². The summed E-state index contributed by atoms with van der Waals surface area (Å²) in [4.78, 5) is 11.9. The van der Waals surface area contributed by atoms with Crippen molar-refractivity contribution in [2.45, 2.75) is 13.3 Å². The summed E-state index contributed by atoms with van der Waals surface area (Å²) in [5.41, 5.74) is 1.48. The van der Waals surface area contributed by atoms with Crippen LogP contribution in [0.15, 0.2) is 48.5 Å². The third-order valence-corrected chi connectivity index (χ3v) is 2.96. The number of ether oxygens (including phenoxy) is 2. The van der Waals surface area contributed by atoms with Crippen molar-refractivity contribution in [1.29, 1.82) is 0 Å². The molecule has 0 bridgehead atoms. The van der Waals surface area contributed by atoms with E-state index < -0.39 is 5.97 Å². The Morgan fingerprint density at radius 3 is 2.62 bits per heavy atom. The van der Waals surface area contributed by atoms with Crippen LogP contribution in [0.2, 0.25) is 0 Å². The molecule has 110 valence electrons. The lowest BCUT2D eigenvalue weighted by Crippen LogP contribution is -2.08. The van der Waals surface area contributed by atoms with Gasteiger partial charge in [0.15, 0.2) is 11.5 Å². The molecule has 0 amide bonds. The van der Waals surface area contributed by atoms with Crippen molar-refractivity contribution in [1.82, 2.24) is 0 Å². The van der Waals surface area contributed by atoms with Gasteiger partial charge in [0.05, 0.1) is 18.8 Å². The Balaban J connectivity index is 1.92. The summed E-state index contributed by atoms with van der Waals surface area (Å²) in [6.07, 6.45) is 0.670. The molecule has 4 heteroatoms. The minimum Gasteiger partial charge on any atom is -0.504 e. The maximum Gasteiger partial charge on any atom is 0.338 e. The number of phenols is 1. The molecule has 0 saturated heterocycles. The number of aromatic hydroxyl groups is 1. The van der Waals surface area contributed by atoms with Gasteiger partial charge in [-0.05, 0) is 30.7 Å². The number of rotatable bonds is 6. The standard InChI is InChI=1S/C17H18O4/c1-2-20-16-12-14(8-9-15(16)18)17(19)21-11-10-13-6-4-3-5-7-13/h3-9,12,18H,2,10-11H2,1H3. The first kappa shape index (κ1) is 14.9. The first-order valence-corrected chi connectivity index (χ1v) is 6.87. The van der Waals surface area contributed by atoms with Crippen LogP contribution < -0.4 is 4.74 Å². The Hall–Kier alpha value is -2.49. The number of hydrogen-bond acceptors (Lipinski definition) is 4. The van der Waals surface area contributed by atoms with Crippen LogP contribution in [0.1, 0.15) is 22.8 Å². The molecule has 0 saturated carbocycles. The smallest absolute Gasteiger partial charge is 0.338 e. The molecule has 0 radical (unpaired) electrons. The maximum atomic E-state index is 11.9. The van der Waals surface area contributed by atoms with E-state index in [4.69, 9.17) is 9.47 Å². The van der Waals surface area contributed by atoms with Crippen LogP contribution in [0.25, 0.3) is 0 Å². The second kappa shape index (κ2) is 7.33. The fourth-order valence-corrected chi connectivity index (χ4v) is 1.90. The average Bonchev–Trinajstić information content (AvgIpc) is 2.50. The molecule has 2 rings (SSSR count). The fourth-order valence-electron chi connectivity index (χ4n) is 1.90. The largest absolute Gasteiger partial charge is 0.504 e. The molecule has 0 aliphatic rings. The molecule has 0 aromatic heterocycles. The monoisotopic (exact) mass is 286 g/mol. The van der Waals surface area contributed by atoms with Crippen LogP contribution in [0.3, 0.4) is 0 Å². The summed E-state index contributed by atoms with van der Waals surface area (Å²) >= 11 is 0. The van der Waals surface area contributed by atoms with Crippen molar-refractivity contribution < 1.29 is 19.4 Å². The van der Waals surface area contributed by atoms with Gasteiger partial charge < -0.3 is 14.6 Å². The Kier molecular flexibility index (Phi) is 5.21. The van der Waals surface area contributed by atoms with Crippen LogP contribution >= 0.6 is 0 Å². The highest BCUT2D eigenvalue weighted by molar-refractivity contribution is 5.90. The van der Waals surface area contributed by atoms with Gasteiger partial charge in [0.2, 0.25) is 0 Å². The third kappa shape index (κ3) is 4.24. The zero-order valence-electron chi connectivity index (χ0n) is 11.9. The van der Waals surface area contributed by atoms with Gasteiger partial charge in [-0.25, -0.2) is 4.79 Å². The summed E-state index contributed by atoms with van der Waals surface area (Å²) in [5, 5.41) is 9.60.